The molecule has 0 unspecified atom stereocenters. The highest BCUT2D eigenvalue weighted by Crippen LogP contribution is 2.49. The quantitative estimate of drug-likeness (QED) is 0.245. The molecule has 1 aromatic heterocycles. The third kappa shape index (κ3) is 4.47. The highest BCUT2D eigenvalue weighted by Gasteiger charge is 2.45. The van der Waals surface area contributed by atoms with E-state index in [9.17, 15) is 0 Å². The van der Waals surface area contributed by atoms with Crippen LogP contribution in [0.5, 0.6) is 0 Å². The Hall–Kier alpha value is -3.11. The number of fused-ring (bicyclic) bond motifs is 2. The van der Waals surface area contributed by atoms with Gasteiger partial charge in [-0.3, -0.25) is 0 Å². The molecule has 0 saturated carbocycles. The second-order valence-electron chi connectivity index (χ2n) is 8.86. The normalized spacial score (nSPS) is 14.0. The Kier molecular flexibility index (Phi) is 7.38. The number of pyridine rings is 1. The SMILES string of the molecule is C=CCN(CC=C)c1c2c(nc3ccc(Br)cc13)N(Cc1ccccc1)C(CC=C)(CC=C)C2. The molecule has 0 radical (unpaired) electrons. The third-order valence-electron chi connectivity index (χ3n) is 6.58. The molecule has 0 spiro atoms. The number of benzene rings is 2. The van der Waals surface area contributed by atoms with Gasteiger partial charge in [-0.1, -0.05) is 70.6 Å². The maximum atomic E-state index is 5.26. The van der Waals surface area contributed by atoms with E-state index in [1.165, 1.54) is 16.8 Å². The third-order valence-corrected chi connectivity index (χ3v) is 7.07. The number of hydrogen-bond donors (Lipinski definition) is 0. The summed E-state index contributed by atoms with van der Waals surface area (Å²) >= 11 is 3.68. The van der Waals surface area contributed by atoms with Gasteiger partial charge in [0.05, 0.1) is 16.7 Å². The molecule has 2 aromatic carbocycles. The first-order valence-electron chi connectivity index (χ1n) is 11.7. The van der Waals surface area contributed by atoms with Crippen LogP contribution in [0.15, 0.2) is 104 Å². The average molecular weight is 515 g/mol. The summed E-state index contributed by atoms with van der Waals surface area (Å²) in [5.41, 5.74) is 4.58. The molecule has 1 aliphatic rings. The molecule has 0 aliphatic carbocycles. The van der Waals surface area contributed by atoms with Crippen LogP contribution in [0.3, 0.4) is 0 Å². The fraction of sp³-hybridized carbons (Fsp3) is 0.233. The fourth-order valence-electron chi connectivity index (χ4n) is 5.20. The van der Waals surface area contributed by atoms with Crippen molar-refractivity contribution < 1.29 is 0 Å². The van der Waals surface area contributed by atoms with Crippen LogP contribution in [-0.2, 0) is 13.0 Å². The summed E-state index contributed by atoms with van der Waals surface area (Å²) in [7, 11) is 0. The lowest BCUT2D eigenvalue weighted by Gasteiger charge is -2.39. The van der Waals surface area contributed by atoms with E-state index in [0.29, 0.717) is 0 Å². The van der Waals surface area contributed by atoms with Crippen LogP contribution >= 0.6 is 15.9 Å². The van der Waals surface area contributed by atoms with Crippen LogP contribution in [0.25, 0.3) is 10.9 Å². The monoisotopic (exact) mass is 513 g/mol. The molecule has 4 heteroatoms. The summed E-state index contributed by atoms with van der Waals surface area (Å²) in [6.45, 7) is 18.5. The van der Waals surface area contributed by atoms with E-state index in [1.54, 1.807) is 0 Å². The van der Waals surface area contributed by atoms with Gasteiger partial charge in [-0.05, 0) is 36.6 Å². The van der Waals surface area contributed by atoms with Gasteiger partial charge in [0.1, 0.15) is 5.82 Å². The van der Waals surface area contributed by atoms with Crippen molar-refractivity contribution >= 4 is 38.3 Å². The van der Waals surface area contributed by atoms with Crippen LogP contribution < -0.4 is 9.80 Å². The smallest absolute Gasteiger partial charge is 0.135 e. The summed E-state index contributed by atoms with van der Waals surface area (Å²) in [5.74, 6) is 1.05. The number of anilines is 2. The van der Waals surface area contributed by atoms with Crippen LogP contribution in [0.4, 0.5) is 11.5 Å². The number of nitrogens with zero attached hydrogens (tertiary/aromatic N) is 3. The van der Waals surface area contributed by atoms with E-state index in [-0.39, 0.29) is 5.54 Å². The van der Waals surface area contributed by atoms with Crippen molar-refractivity contribution in [3.8, 4) is 0 Å². The van der Waals surface area contributed by atoms with Crippen molar-refractivity contribution in [2.75, 3.05) is 22.9 Å². The Morgan fingerprint density at radius 2 is 1.62 bits per heavy atom. The predicted octanol–water partition coefficient (Wildman–Crippen LogP) is 7.63. The summed E-state index contributed by atoms with van der Waals surface area (Å²) < 4.78 is 1.04. The molecule has 34 heavy (non-hydrogen) atoms. The summed E-state index contributed by atoms with van der Waals surface area (Å²) in [5, 5.41) is 1.14. The number of aromatic nitrogens is 1. The second kappa shape index (κ2) is 10.4. The van der Waals surface area contributed by atoms with Crippen molar-refractivity contribution in [2.45, 2.75) is 31.3 Å². The Balaban J connectivity index is 2.00. The zero-order chi connectivity index (χ0) is 24.1. The maximum absolute atomic E-state index is 5.26. The first kappa shape index (κ1) is 24.0. The van der Waals surface area contributed by atoms with Crippen LogP contribution in [0.2, 0.25) is 0 Å². The molecular weight excluding hydrogens is 482 g/mol. The van der Waals surface area contributed by atoms with Gasteiger partial charge >= 0.3 is 0 Å². The predicted molar refractivity (Wildman–Crippen MR) is 151 cm³/mol. The van der Waals surface area contributed by atoms with Gasteiger partial charge in [-0.2, -0.15) is 0 Å². The van der Waals surface area contributed by atoms with E-state index >= 15 is 0 Å². The molecule has 0 saturated heterocycles. The standard InChI is InChI=1S/C30H32BrN3/c1-5-16-30(17-6-2)21-26-28(33(18-7-3)19-8-4)25-20-24(31)14-15-27(25)32-29(26)34(30)22-23-12-10-9-11-13-23/h5-15,20H,1-4,16-19,21-22H2. The van der Waals surface area contributed by atoms with E-state index in [0.717, 1.165) is 60.1 Å². The molecule has 0 amide bonds. The summed E-state index contributed by atoms with van der Waals surface area (Å²) in [4.78, 5) is 10.1. The summed E-state index contributed by atoms with van der Waals surface area (Å²) in [6, 6.07) is 17.0. The Labute approximate surface area is 211 Å². The van der Waals surface area contributed by atoms with E-state index < -0.39 is 0 Å². The fourth-order valence-corrected chi connectivity index (χ4v) is 5.57. The molecule has 0 fully saturated rings. The van der Waals surface area contributed by atoms with Gasteiger partial charge in [-0.15, -0.1) is 26.3 Å². The average Bonchev–Trinajstić information content (AvgIpc) is 3.11. The van der Waals surface area contributed by atoms with Crippen molar-refractivity contribution in [2.24, 2.45) is 0 Å². The molecule has 3 nitrogen and oxygen atoms in total. The van der Waals surface area contributed by atoms with Crippen LogP contribution in [0.1, 0.15) is 24.0 Å². The Morgan fingerprint density at radius 1 is 0.941 bits per heavy atom. The largest absolute Gasteiger partial charge is 0.363 e. The van der Waals surface area contributed by atoms with Crippen molar-refractivity contribution in [3.63, 3.8) is 0 Å². The number of rotatable bonds is 11. The van der Waals surface area contributed by atoms with Crippen molar-refractivity contribution in [1.29, 1.82) is 0 Å². The Bertz CT molecular complexity index is 1190. The van der Waals surface area contributed by atoms with Gasteiger partial charge in [0, 0.05) is 41.5 Å². The Morgan fingerprint density at radius 3 is 2.24 bits per heavy atom. The van der Waals surface area contributed by atoms with Crippen LogP contribution in [0, 0.1) is 0 Å². The molecule has 174 valence electrons. The second-order valence-corrected chi connectivity index (χ2v) is 9.78. The molecule has 3 aromatic rings. The zero-order valence-electron chi connectivity index (χ0n) is 19.7. The van der Waals surface area contributed by atoms with Gasteiger partial charge in [-0.25, -0.2) is 4.98 Å². The van der Waals surface area contributed by atoms with Gasteiger partial charge < -0.3 is 9.80 Å². The lowest BCUT2D eigenvalue weighted by molar-refractivity contribution is 0.408. The van der Waals surface area contributed by atoms with Gasteiger partial charge in [0.2, 0.25) is 0 Å². The molecule has 0 N–H and O–H groups in total. The van der Waals surface area contributed by atoms with Crippen molar-refractivity contribution in [3.05, 3.63) is 115 Å². The summed E-state index contributed by atoms with van der Waals surface area (Å²) in [6.07, 6.45) is 10.6. The minimum atomic E-state index is -0.161. The lowest BCUT2D eigenvalue weighted by atomic mass is 9.86. The molecule has 0 atom stereocenters. The first-order chi connectivity index (χ1) is 16.6. The maximum Gasteiger partial charge on any atom is 0.135 e. The minimum Gasteiger partial charge on any atom is -0.363 e. The topological polar surface area (TPSA) is 19.4 Å². The van der Waals surface area contributed by atoms with Gasteiger partial charge in [0.25, 0.3) is 0 Å². The molecular formula is C30H32BrN3. The highest BCUT2D eigenvalue weighted by atomic mass is 79.9. The van der Waals surface area contributed by atoms with E-state index in [1.807, 2.05) is 24.3 Å². The van der Waals surface area contributed by atoms with Gasteiger partial charge in [0.15, 0.2) is 0 Å². The minimum absolute atomic E-state index is 0.161. The van der Waals surface area contributed by atoms with E-state index in [4.69, 9.17) is 4.98 Å². The highest BCUT2D eigenvalue weighted by molar-refractivity contribution is 9.10. The first-order valence-corrected chi connectivity index (χ1v) is 12.5. The molecule has 2 heterocycles. The van der Waals surface area contributed by atoms with Crippen LogP contribution in [-0.4, -0.2) is 23.6 Å². The van der Waals surface area contributed by atoms with Crippen molar-refractivity contribution in [1.82, 2.24) is 4.98 Å². The molecule has 0 bridgehead atoms. The zero-order valence-corrected chi connectivity index (χ0v) is 21.3. The lowest BCUT2D eigenvalue weighted by Crippen LogP contribution is -2.46. The molecule has 1 aliphatic heterocycles. The number of halogens is 1. The van der Waals surface area contributed by atoms with E-state index in [2.05, 4.69) is 101 Å². The number of hydrogen-bond acceptors (Lipinski definition) is 3. The molecule has 4 rings (SSSR count).